The summed E-state index contributed by atoms with van der Waals surface area (Å²) in [6.07, 6.45) is 6.11. The number of dihydropyridines is 1. The molecule has 4 nitrogen and oxygen atoms in total. The molecule has 0 spiro atoms. The van der Waals surface area contributed by atoms with E-state index in [2.05, 4.69) is 16.3 Å². The third-order valence-electron chi connectivity index (χ3n) is 3.07. The summed E-state index contributed by atoms with van der Waals surface area (Å²) < 4.78 is 11.4. The summed E-state index contributed by atoms with van der Waals surface area (Å²) in [5.74, 6) is 2.54. The highest BCUT2D eigenvalue weighted by Gasteiger charge is 2.13. The first-order valence-electron chi connectivity index (χ1n) is 6.81. The highest BCUT2D eigenvalue weighted by molar-refractivity contribution is 7.98. The first kappa shape index (κ1) is 15.8. The van der Waals surface area contributed by atoms with Gasteiger partial charge >= 0.3 is 0 Å². The van der Waals surface area contributed by atoms with E-state index in [9.17, 15) is 0 Å². The normalized spacial score (nSPS) is 14.3. The molecule has 0 atom stereocenters. The van der Waals surface area contributed by atoms with Crippen molar-refractivity contribution in [3.63, 3.8) is 0 Å². The number of nitrogens with one attached hydrogen (secondary N) is 1. The van der Waals surface area contributed by atoms with Gasteiger partial charge in [0.25, 0.3) is 0 Å². The van der Waals surface area contributed by atoms with Gasteiger partial charge in [-0.3, -0.25) is 0 Å². The average Bonchev–Trinajstić information content (AvgIpc) is 2.48. The van der Waals surface area contributed by atoms with Gasteiger partial charge in [0, 0.05) is 35.8 Å². The van der Waals surface area contributed by atoms with E-state index in [4.69, 9.17) is 9.47 Å². The number of likely N-dealkylation sites (N-methyl/N-ethyl adjacent to an activating group) is 1. The Kier molecular flexibility index (Phi) is 5.59. The highest BCUT2D eigenvalue weighted by Crippen LogP contribution is 2.32. The molecule has 0 aliphatic carbocycles. The fraction of sp³-hybridized carbons (Fsp3) is 0.375. The lowest BCUT2D eigenvalue weighted by Gasteiger charge is -2.21. The largest absolute Gasteiger partial charge is 0.495 e. The smallest absolute Gasteiger partial charge is 0.136 e. The quantitative estimate of drug-likeness (QED) is 0.817. The molecule has 1 aliphatic heterocycles. The zero-order valence-electron chi connectivity index (χ0n) is 13.0. The van der Waals surface area contributed by atoms with Gasteiger partial charge in [-0.15, -0.1) is 11.8 Å². The first-order chi connectivity index (χ1) is 10.1. The van der Waals surface area contributed by atoms with Gasteiger partial charge < -0.3 is 19.7 Å². The van der Waals surface area contributed by atoms with Crippen LogP contribution in [0.15, 0.2) is 46.7 Å². The highest BCUT2D eigenvalue weighted by atomic mass is 32.2. The number of rotatable bonds is 6. The van der Waals surface area contributed by atoms with Crippen molar-refractivity contribution in [3.05, 3.63) is 41.8 Å². The average molecular weight is 306 g/mol. The molecule has 1 aliphatic rings. The van der Waals surface area contributed by atoms with E-state index < -0.39 is 0 Å². The van der Waals surface area contributed by atoms with E-state index in [1.165, 1.54) is 0 Å². The fourth-order valence-corrected chi connectivity index (χ4v) is 2.66. The molecule has 0 fully saturated rings. The van der Waals surface area contributed by atoms with Gasteiger partial charge in [0.05, 0.1) is 7.11 Å². The van der Waals surface area contributed by atoms with Crippen LogP contribution < -0.4 is 14.8 Å². The third-order valence-corrected chi connectivity index (χ3v) is 3.84. The van der Waals surface area contributed by atoms with E-state index in [0.717, 1.165) is 40.8 Å². The minimum Gasteiger partial charge on any atom is -0.495 e. The molecule has 5 heteroatoms. The molecular weight excluding hydrogens is 284 g/mol. The predicted molar refractivity (Wildman–Crippen MR) is 88.1 cm³/mol. The summed E-state index contributed by atoms with van der Waals surface area (Å²) in [4.78, 5) is 3.22. The number of thioether (sulfide) groups is 1. The Hall–Kier alpha value is -1.59. The van der Waals surface area contributed by atoms with Crippen molar-refractivity contribution >= 4 is 11.8 Å². The third kappa shape index (κ3) is 4.19. The molecular formula is C16H22N2O2S. The van der Waals surface area contributed by atoms with Crippen LogP contribution in [-0.4, -0.2) is 45.5 Å². The standard InChI is InChI=1S/C16H22N2O2S/c1-18(2)11-12-10-17-8-7-14(12)20-13-5-6-16(21-4)15(9-13)19-3/h5-7,9-10,17H,8,11H2,1-4H3. The Labute approximate surface area is 130 Å². The number of hydrogen-bond acceptors (Lipinski definition) is 5. The van der Waals surface area contributed by atoms with Crippen molar-refractivity contribution in [3.8, 4) is 11.5 Å². The summed E-state index contributed by atoms with van der Waals surface area (Å²) >= 11 is 1.66. The van der Waals surface area contributed by atoms with Crippen molar-refractivity contribution < 1.29 is 9.47 Å². The Balaban J connectivity index is 2.16. The summed E-state index contributed by atoms with van der Waals surface area (Å²) in [6.45, 7) is 1.62. The topological polar surface area (TPSA) is 33.7 Å². The van der Waals surface area contributed by atoms with Crippen molar-refractivity contribution in [2.75, 3.05) is 40.6 Å². The van der Waals surface area contributed by atoms with Gasteiger partial charge in [-0.05, 0) is 38.6 Å². The van der Waals surface area contributed by atoms with Gasteiger partial charge in [-0.1, -0.05) is 0 Å². The van der Waals surface area contributed by atoms with Crippen LogP contribution in [0.25, 0.3) is 0 Å². The van der Waals surface area contributed by atoms with Gasteiger partial charge in [0.15, 0.2) is 0 Å². The molecule has 2 rings (SSSR count). The molecule has 0 radical (unpaired) electrons. The van der Waals surface area contributed by atoms with Gasteiger partial charge in [0.1, 0.15) is 17.3 Å². The monoisotopic (exact) mass is 306 g/mol. The predicted octanol–water partition coefficient (Wildman–Crippen LogP) is 2.73. The zero-order valence-corrected chi connectivity index (χ0v) is 13.8. The van der Waals surface area contributed by atoms with E-state index in [1.54, 1.807) is 18.9 Å². The summed E-state index contributed by atoms with van der Waals surface area (Å²) in [5.41, 5.74) is 1.14. The van der Waals surface area contributed by atoms with Crippen LogP contribution in [0, 0.1) is 0 Å². The van der Waals surface area contributed by atoms with Crippen LogP contribution in [0.2, 0.25) is 0 Å². The molecule has 0 saturated carbocycles. The first-order valence-corrected chi connectivity index (χ1v) is 8.04. The number of benzene rings is 1. The number of ether oxygens (including phenoxy) is 2. The number of hydrogen-bond donors (Lipinski definition) is 1. The minimum absolute atomic E-state index is 0.784. The van der Waals surface area contributed by atoms with Crippen LogP contribution >= 0.6 is 11.8 Å². The Bertz CT molecular complexity index is 553. The van der Waals surface area contributed by atoms with E-state index in [1.807, 2.05) is 44.8 Å². The molecule has 114 valence electrons. The molecule has 0 saturated heterocycles. The van der Waals surface area contributed by atoms with Gasteiger partial charge in [-0.25, -0.2) is 0 Å². The van der Waals surface area contributed by atoms with E-state index in [0.29, 0.717) is 0 Å². The lowest BCUT2D eigenvalue weighted by molar-refractivity contribution is 0.381. The lowest BCUT2D eigenvalue weighted by atomic mass is 10.1. The Morgan fingerprint density at radius 2 is 2.14 bits per heavy atom. The molecule has 1 N–H and O–H groups in total. The summed E-state index contributed by atoms with van der Waals surface area (Å²) in [6, 6.07) is 5.93. The molecule has 21 heavy (non-hydrogen) atoms. The maximum atomic E-state index is 6.05. The minimum atomic E-state index is 0.784. The molecule has 0 amide bonds. The van der Waals surface area contributed by atoms with Crippen molar-refractivity contribution in [2.45, 2.75) is 4.90 Å². The van der Waals surface area contributed by atoms with Crippen molar-refractivity contribution in [1.29, 1.82) is 0 Å². The maximum absolute atomic E-state index is 6.05. The maximum Gasteiger partial charge on any atom is 0.136 e. The molecule has 1 aromatic rings. The summed E-state index contributed by atoms with van der Waals surface area (Å²) in [7, 11) is 5.77. The second kappa shape index (κ2) is 7.43. The van der Waals surface area contributed by atoms with Crippen molar-refractivity contribution in [2.24, 2.45) is 0 Å². The van der Waals surface area contributed by atoms with Gasteiger partial charge in [-0.2, -0.15) is 0 Å². The molecule has 1 heterocycles. The number of methoxy groups -OCH3 is 1. The second-order valence-electron chi connectivity index (χ2n) is 5.00. The van der Waals surface area contributed by atoms with Gasteiger partial charge in [0.2, 0.25) is 0 Å². The summed E-state index contributed by atoms with van der Waals surface area (Å²) in [5, 5.41) is 3.22. The van der Waals surface area contributed by atoms with E-state index in [-0.39, 0.29) is 0 Å². The van der Waals surface area contributed by atoms with Crippen LogP contribution in [0.5, 0.6) is 11.5 Å². The fourth-order valence-electron chi connectivity index (χ4n) is 2.11. The van der Waals surface area contributed by atoms with Crippen molar-refractivity contribution in [1.82, 2.24) is 10.2 Å². The van der Waals surface area contributed by atoms with E-state index >= 15 is 0 Å². The Morgan fingerprint density at radius 3 is 2.81 bits per heavy atom. The molecule has 0 bridgehead atoms. The zero-order chi connectivity index (χ0) is 15.2. The lowest BCUT2D eigenvalue weighted by Crippen LogP contribution is -2.23. The van der Waals surface area contributed by atoms with Crippen LogP contribution in [0.4, 0.5) is 0 Å². The molecule has 1 aromatic carbocycles. The molecule has 0 aromatic heterocycles. The van der Waals surface area contributed by atoms with Crippen LogP contribution in [0.3, 0.4) is 0 Å². The SMILES string of the molecule is COc1cc(OC2=CCNC=C2CN(C)C)ccc1SC. The van der Waals surface area contributed by atoms with Crippen LogP contribution in [-0.2, 0) is 0 Å². The second-order valence-corrected chi connectivity index (χ2v) is 5.85. The van der Waals surface area contributed by atoms with Crippen LogP contribution in [0.1, 0.15) is 0 Å². The Morgan fingerprint density at radius 1 is 1.33 bits per heavy atom. The molecule has 0 unspecified atom stereocenters. The number of nitrogens with zero attached hydrogens (tertiary/aromatic N) is 1.